The molecular weight excluding hydrogens is 272 g/mol. The Kier molecular flexibility index (Phi) is 3.43. The Hall–Kier alpha value is -1.91. The van der Waals surface area contributed by atoms with Crippen LogP contribution in [0.2, 0.25) is 0 Å². The van der Waals surface area contributed by atoms with Crippen molar-refractivity contribution in [1.29, 1.82) is 0 Å². The van der Waals surface area contributed by atoms with Crippen LogP contribution in [-0.4, -0.2) is 10.2 Å². The summed E-state index contributed by atoms with van der Waals surface area (Å²) in [6, 6.07) is 3.47. The minimum atomic E-state index is -0.606. The number of hydrogen-bond acceptors (Lipinski definition) is 2. The number of hydrogen-bond donors (Lipinski definition) is 2. The Balaban J connectivity index is 2.12. The van der Waals surface area contributed by atoms with Crippen molar-refractivity contribution in [1.82, 2.24) is 10.2 Å². The smallest absolute Gasteiger partial charge is 0.153 e. The van der Waals surface area contributed by atoms with Crippen molar-refractivity contribution in [3.05, 3.63) is 35.5 Å². The van der Waals surface area contributed by atoms with Gasteiger partial charge in [0.25, 0.3) is 0 Å². The lowest BCUT2D eigenvalue weighted by Gasteiger charge is -2.33. The number of rotatable bonds is 2. The second-order valence-electron chi connectivity index (χ2n) is 6.14. The third kappa shape index (κ3) is 2.52. The fourth-order valence-electron chi connectivity index (χ4n) is 3.37. The second kappa shape index (κ2) is 5.13. The van der Waals surface area contributed by atoms with Gasteiger partial charge in [-0.15, -0.1) is 0 Å². The molecule has 0 spiro atoms. The van der Waals surface area contributed by atoms with Gasteiger partial charge in [0.05, 0.1) is 5.69 Å². The molecule has 0 radical (unpaired) electrons. The molecule has 1 aliphatic carbocycles. The van der Waals surface area contributed by atoms with Crippen molar-refractivity contribution in [2.45, 2.75) is 44.4 Å². The van der Waals surface area contributed by atoms with Crippen LogP contribution in [0.1, 0.15) is 44.7 Å². The van der Waals surface area contributed by atoms with E-state index in [1.807, 2.05) is 0 Å². The molecule has 3 rings (SSSR count). The van der Waals surface area contributed by atoms with E-state index in [0.717, 1.165) is 37.4 Å². The zero-order valence-corrected chi connectivity index (χ0v) is 12.0. The van der Waals surface area contributed by atoms with Crippen LogP contribution in [0.25, 0.3) is 11.1 Å². The minimum absolute atomic E-state index is 0.0685. The predicted molar refractivity (Wildman–Crippen MR) is 78.8 cm³/mol. The summed E-state index contributed by atoms with van der Waals surface area (Å²) in [7, 11) is 0. The summed E-state index contributed by atoms with van der Waals surface area (Å²) in [5, 5.41) is 7.08. The Bertz CT molecular complexity index is 637. The van der Waals surface area contributed by atoms with Gasteiger partial charge in [-0.05, 0) is 30.5 Å². The van der Waals surface area contributed by atoms with E-state index in [-0.39, 0.29) is 5.41 Å². The summed E-state index contributed by atoms with van der Waals surface area (Å²) in [5.74, 6) is -0.919. The summed E-state index contributed by atoms with van der Waals surface area (Å²) >= 11 is 0. The standard InChI is InChI=1S/C16H19F2N3/c1-16(5-3-2-4-6-16)14-13(15(19)21-20-14)10-7-11(17)9-12(18)8-10/h7-9H,2-6H2,1H3,(H3,19,20,21). The molecule has 1 fully saturated rings. The van der Waals surface area contributed by atoms with Gasteiger partial charge in [0.1, 0.15) is 11.6 Å². The molecule has 0 amide bonds. The number of nitrogens with two attached hydrogens (primary N) is 1. The maximum atomic E-state index is 13.5. The number of nitrogens with one attached hydrogen (secondary N) is 1. The van der Waals surface area contributed by atoms with Gasteiger partial charge >= 0.3 is 0 Å². The van der Waals surface area contributed by atoms with E-state index >= 15 is 0 Å². The largest absolute Gasteiger partial charge is 0.382 e. The van der Waals surface area contributed by atoms with Crippen LogP contribution < -0.4 is 5.73 Å². The zero-order chi connectivity index (χ0) is 15.0. The van der Waals surface area contributed by atoms with Crippen LogP contribution in [0.5, 0.6) is 0 Å². The molecule has 1 aromatic heterocycles. The third-order valence-corrected chi connectivity index (χ3v) is 4.51. The molecule has 3 N–H and O–H groups in total. The number of aromatic nitrogens is 2. The van der Waals surface area contributed by atoms with Gasteiger partial charge in [-0.2, -0.15) is 5.10 Å². The molecule has 2 aromatic rings. The van der Waals surface area contributed by atoms with E-state index in [9.17, 15) is 8.78 Å². The molecule has 1 heterocycles. The SMILES string of the molecule is CC1(c2[nH]nc(N)c2-c2cc(F)cc(F)c2)CCCCC1. The molecule has 0 aliphatic heterocycles. The molecule has 1 aliphatic rings. The van der Waals surface area contributed by atoms with Gasteiger partial charge in [-0.1, -0.05) is 26.2 Å². The van der Waals surface area contributed by atoms with E-state index in [1.165, 1.54) is 18.6 Å². The van der Waals surface area contributed by atoms with Crippen molar-refractivity contribution >= 4 is 5.82 Å². The molecule has 1 aromatic carbocycles. The maximum Gasteiger partial charge on any atom is 0.153 e. The first kappa shape index (κ1) is 14.0. The number of nitrogen functional groups attached to an aromatic ring is 1. The summed E-state index contributed by atoms with van der Waals surface area (Å²) in [5.41, 5.74) is 7.86. The average molecular weight is 291 g/mol. The van der Waals surface area contributed by atoms with E-state index < -0.39 is 11.6 Å². The first-order chi connectivity index (χ1) is 9.99. The highest BCUT2D eigenvalue weighted by molar-refractivity contribution is 5.77. The molecule has 3 nitrogen and oxygen atoms in total. The molecule has 21 heavy (non-hydrogen) atoms. The van der Waals surface area contributed by atoms with Crippen molar-refractivity contribution in [2.75, 3.05) is 5.73 Å². The van der Waals surface area contributed by atoms with E-state index in [1.54, 1.807) is 0 Å². The van der Waals surface area contributed by atoms with Crippen molar-refractivity contribution in [3.63, 3.8) is 0 Å². The number of nitrogens with zero attached hydrogens (tertiary/aromatic N) is 1. The molecule has 5 heteroatoms. The Morgan fingerprint density at radius 2 is 1.71 bits per heavy atom. The van der Waals surface area contributed by atoms with Crippen LogP contribution in [-0.2, 0) is 5.41 Å². The highest BCUT2D eigenvalue weighted by Crippen LogP contribution is 2.43. The van der Waals surface area contributed by atoms with E-state index in [0.29, 0.717) is 16.9 Å². The van der Waals surface area contributed by atoms with E-state index in [4.69, 9.17) is 5.73 Å². The fourth-order valence-corrected chi connectivity index (χ4v) is 3.37. The quantitative estimate of drug-likeness (QED) is 0.873. The number of aromatic amines is 1. The zero-order valence-electron chi connectivity index (χ0n) is 12.0. The number of H-pyrrole nitrogens is 1. The van der Waals surface area contributed by atoms with Crippen molar-refractivity contribution in [2.24, 2.45) is 0 Å². The summed E-state index contributed by atoms with van der Waals surface area (Å²) in [6.45, 7) is 2.16. The Morgan fingerprint density at radius 3 is 2.33 bits per heavy atom. The van der Waals surface area contributed by atoms with Gasteiger partial charge in [0.2, 0.25) is 0 Å². The maximum absolute atomic E-state index is 13.5. The molecule has 112 valence electrons. The Labute approximate surface area is 122 Å². The first-order valence-corrected chi connectivity index (χ1v) is 7.30. The molecule has 0 unspecified atom stereocenters. The Morgan fingerprint density at radius 1 is 1.10 bits per heavy atom. The first-order valence-electron chi connectivity index (χ1n) is 7.30. The topological polar surface area (TPSA) is 54.7 Å². The van der Waals surface area contributed by atoms with Gasteiger partial charge in [0, 0.05) is 17.0 Å². The minimum Gasteiger partial charge on any atom is -0.382 e. The average Bonchev–Trinajstić information content (AvgIpc) is 2.81. The fraction of sp³-hybridized carbons (Fsp3) is 0.438. The monoisotopic (exact) mass is 291 g/mol. The van der Waals surface area contributed by atoms with E-state index in [2.05, 4.69) is 17.1 Å². The highest BCUT2D eigenvalue weighted by Gasteiger charge is 2.34. The highest BCUT2D eigenvalue weighted by atomic mass is 19.1. The van der Waals surface area contributed by atoms with Crippen LogP contribution in [0.3, 0.4) is 0 Å². The van der Waals surface area contributed by atoms with Crippen LogP contribution >= 0.6 is 0 Å². The second-order valence-corrected chi connectivity index (χ2v) is 6.14. The van der Waals surface area contributed by atoms with Gasteiger partial charge in [-0.25, -0.2) is 8.78 Å². The van der Waals surface area contributed by atoms with Gasteiger partial charge in [0.15, 0.2) is 5.82 Å². The molecule has 0 atom stereocenters. The molecule has 1 saturated carbocycles. The lowest BCUT2D eigenvalue weighted by molar-refractivity contribution is 0.312. The van der Waals surface area contributed by atoms with Gasteiger partial charge in [-0.3, -0.25) is 5.10 Å². The summed E-state index contributed by atoms with van der Waals surface area (Å²) in [6.07, 6.45) is 5.57. The summed E-state index contributed by atoms with van der Waals surface area (Å²) < 4.78 is 27.0. The molecular formula is C16H19F2N3. The normalized spacial score (nSPS) is 17.9. The van der Waals surface area contributed by atoms with Crippen LogP contribution in [0, 0.1) is 11.6 Å². The van der Waals surface area contributed by atoms with Crippen molar-refractivity contribution < 1.29 is 8.78 Å². The number of halogens is 2. The number of anilines is 1. The van der Waals surface area contributed by atoms with Crippen LogP contribution in [0.15, 0.2) is 18.2 Å². The lowest BCUT2D eigenvalue weighted by Crippen LogP contribution is -2.26. The third-order valence-electron chi connectivity index (χ3n) is 4.51. The number of benzene rings is 1. The molecule has 0 saturated heterocycles. The van der Waals surface area contributed by atoms with Crippen molar-refractivity contribution in [3.8, 4) is 11.1 Å². The summed E-state index contributed by atoms with van der Waals surface area (Å²) in [4.78, 5) is 0. The predicted octanol–water partition coefficient (Wildman–Crippen LogP) is 4.16. The van der Waals surface area contributed by atoms with Crippen LogP contribution in [0.4, 0.5) is 14.6 Å². The van der Waals surface area contributed by atoms with Gasteiger partial charge < -0.3 is 5.73 Å². The molecule has 0 bridgehead atoms. The lowest BCUT2D eigenvalue weighted by atomic mass is 9.72.